The summed E-state index contributed by atoms with van der Waals surface area (Å²) in [5.41, 5.74) is 0. The smallest absolute Gasteiger partial charge is 0.293 e. The predicted molar refractivity (Wildman–Crippen MR) is 36.6 cm³/mol. The Morgan fingerprint density at radius 3 is 2.56 bits per heavy atom. The molecule has 0 aliphatic rings. The van der Waals surface area contributed by atoms with Gasteiger partial charge in [-0.15, -0.1) is 0 Å². The third-order valence-corrected chi connectivity index (χ3v) is 0.934. The van der Waals surface area contributed by atoms with Gasteiger partial charge in [0.1, 0.15) is 0 Å². The van der Waals surface area contributed by atoms with Crippen molar-refractivity contribution in [1.82, 2.24) is 6.15 Å². The van der Waals surface area contributed by atoms with E-state index in [4.69, 9.17) is 0 Å². The summed E-state index contributed by atoms with van der Waals surface area (Å²) >= 11 is 0. The van der Waals surface area contributed by atoms with E-state index in [1.165, 1.54) is 6.42 Å². The summed E-state index contributed by atoms with van der Waals surface area (Å²) < 4.78 is 4.46. The highest BCUT2D eigenvalue weighted by atomic mass is 16.5. The van der Waals surface area contributed by atoms with E-state index in [2.05, 4.69) is 11.7 Å². The molecule has 3 heteroatoms. The highest BCUT2D eigenvalue weighted by molar-refractivity contribution is 5.36. The Labute approximate surface area is 56.0 Å². The van der Waals surface area contributed by atoms with Crippen molar-refractivity contribution in [2.45, 2.75) is 26.2 Å². The fourth-order valence-corrected chi connectivity index (χ4v) is 0.484. The topological polar surface area (TPSA) is 61.3 Å². The molecular weight excluding hydrogens is 118 g/mol. The number of hydrogen-bond donors (Lipinski definition) is 1. The van der Waals surface area contributed by atoms with Crippen LogP contribution in [0.25, 0.3) is 0 Å². The van der Waals surface area contributed by atoms with Gasteiger partial charge < -0.3 is 10.9 Å². The number of ether oxygens (including phenoxy) is 1. The van der Waals surface area contributed by atoms with Crippen molar-refractivity contribution in [1.29, 1.82) is 0 Å². The maximum Gasteiger partial charge on any atom is 0.293 e. The maximum absolute atomic E-state index is 9.55. The second-order valence-corrected chi connectivity index (χ2v) is 1.67. The van der Waals surface area contributed by atoms with Crippen LogP contribution in [0.1, 0.15) is 26.2 Å². The van der Waals surface area contributed by atoms with E-state index in [0.29, 0.717) is 13.1 Å². The Kier molecular flexibility index (Phi) is 13.0. The van der Waals surface area contributed by atoms with Crippen LogP contribution in [0.15, 0.2) is 0 Å². The molecule has 0 spiro atoms. The lowest BCUT2D eigenvalue weighted by atomic mass is 10.3. The minimum atomic E-state index is 0. The summed E-state index contributed by atoms with van der Waals surface area (Å²) in [5, 5.41) is 0. The Balaban J connectivity index is 0. The number of carbonyl (C=O) groups is 1. The standard InChI is InChI=1S/C6H12O2.H3N/c1-2-3-4-5-8-6-7;/h6H,2-5H2,1H3;1H3. The molecule has 3 nitrogen and oxygen atoms in total. The fourth-order valence-electron chi connectivity index (χ4n) is 0.484. The van der Waals surface area contributed by atoms with Crippen molar-refractivity contribution in [2.24, 2.45) is 0 Å². The molecule has 0 unspecified atom stereocenters. The van der Waals surface area contributed by atoms with Crippen molar-refractivity contribution in [2.75, 3.05) is 6.61 Å². The van der Waals surface area contributed by atoms with E-state index in [-0.39, 0.29) is 6.15 Å². The first-order valence-electron chi connectivity index (χ1n) is 2.97. The average molecular weight is 133 g/mol. The Morgan fingerprint density at radius 2 is 2.11 bits per heavy atom. The highest BCUT2D eigenvalue weighted by Crippen LogP contribution is 1.91. The molecule has 0 aliphatic heterocycles. The van der Waals surface area contributed by atoms with Gasteiger partial charge in [0.05, 0.1) is 6.61 Å². The van der Waals surface area contributed by atoms with E-state index in [9.17, 15) is 4.79 Å². The zero-order valence-electron chi connectivity index (χ0n) is 5.93. The SMILES string of the molecule is CCCCCOC=O.N. The van der Waals surface area contributed by atoms with Gasteiger partial charge in [-0.25, -0.2) is 0 Å². The number of rotatable bonds is 5. The molecule has 0 aromatic heterocycles. The summed E-state index contributed by atoms with van der Waals surface area (Å²) in [7, 11) is 0. The summed E-state index contributed by atoms with van der Waals surface area (Å²) in [4.78, 5) is 9.55. The van der Waals surface area contributed by atoms with Crippen molar-refractivity contribution in [3.63, 3.8) is 0 Å². The van der Waals surface area contributed by atoms with Gasteiger partial charge in [-0.1, -0.05) is 19.8 Å². The van der Waals surface area contributed by atoms with E-state index in [1.54, 1.807) is 0 Å². The molecule has 56 valence electrons. The summed E-state index contributed by atoms with van der Waals surface area (Å²) in [6, 6.07) is 0. The first-order chi connectivity index (χ1) is 3.91. The van der Waals surface area contributed by atoms with Gasteiger partial charge in [-0.05, 0) is 6.42 Å². The molecular formula is C6H15NO2. The lowest BCUT2D eigenvalue weighted by Crippen LogP contribution is -1.89. The van der Waals surface area contributed by atoms with Crippen LogP contribution in [0.4, 0.5) is 0 Å². The van der Waals surface area contributed by atoms with Gasteiger partial charge in [0.15, 0.2) is 0 Å². The molecule has 3 N–H and O–H groups in total. The normalized spacial score (nSPS) is 7.67. The van der Waals surface area contributed by atoms with Gasteiger partial charge in [0.2, 0.25) is 0 Å². The molecule has 0 bridgehead atoms. The third-order valence-electron chi connectivity index (χ3n) is 0.934. The molecule has 0 radical (unpaired) electrons. The lowest BCUT2D eigenvalue weighted by molar-refractivity contribution is -0.128. The molecule has 0 amide bonds. The molecule has 0 aromatic carbocycles. The first kappa shape index (κ1) is 11.3. The Bertz CT molecular complexity index is 57.0. The second-order valence-electron chi connectivity index (χ2n) is 1.67. The van der Waals surface area contributed by atoms with Gasteiger partial charge in [-0.2, -0.15) is 0 Å². The van der Waals surface area contributed by atoms with Crippen molar-refractivity contribution in [3.05, 3.63) is 0 Å². The molecule has 0 saturated heterocycles. The zero-order chi connectivity index (χ0) is 6.24. The monoisotopic (exact) mass is 133 g/mol. The molecule has 0 fully saturated rings. The molecule has 0 heterocycles. The van der Waals surface area contributed by atoms with Crippen LogP contribution in [0.3, 0.4) is 0 Å². The van der Waals surface area contributed by atoms with E-state index in [0.717, 1.165) is 12.8 Å². The first-order valence-corrected chi connectivity index (χ1v) is 2.97. The van der Waals surface area contributed by atoms with Crippen LogP contribution in [0.5, 0.6) is 0 Å². The average Bonchev–Trinajstić information content (AvgIpc) is 1.81. The minimum absolute atomic E-state index is 0. The van der Waals surface area contributed by atoms with Gasteiger partial charge in [-0.3, -0.25) is 4.79 Å². The van der Waals surface area contributed by atoms with E-state index in [1.807, 2.05) is 0 Å². The van der Waals surface area contributed by atoms with Crippen LogP contribution < -0.4 is 6.15 Å². The van der Waals surface area contributed by atoms with Crippen LogP contribution in [0, 0.1) is 0 Å². The number of hydrogen-bond acceptors (Lipinski definition) is 3. The van der Waals surface area contributed by atoms with Crippen molar-refractivity contribution >= 4 is 6.47 Å². The lowest BCUT2D eigenvalue weighted by Gasteiger charge is -1.93. The summed E-state index contributed by atoms with van der Waals surface area (Å²) in [6.07, 6.45) is 3.31. The zero-order valence-corrected chi connectivity index (χ0v) is 5.93. The van der Waals surface area contributed by atoms with Crippen molar-refractivity contribution in [3.8, 4) is 0 Å². The van der Waals surface area contributed by atoms with Gasteiger partial charge in [0.25, 0.3) is 6.47 Å². The van der Waals surface area contributed by atoms with Crippen molar-refractivity contribution < 1.29 is 9.53 Å². The molecule has 0 saturated carbocycles. The summed E-state index contributed by atoms with van der Waals surface area (Å²) in [5.74, 6) is 0. The quantitative estimate of drug-likeness (QED) is 0.456. The maximum atomic E-state index is 9.55. The van der Waals surface area contributed by atoms with E-state index >= 15 is 0 Å². The molecule has 0 aromatic rings. The van der Waals surface area contributed by atoms with Crippen LogP contribution in [-0.2, 0) is 9.53 Å². The molecule has 0 rings (SSSR count). The fraction of sp³-hybridized carbons (Fsp3) is 0.833. The van der Waals surface area contributed by atoms with Crippen LogP contribution in [-0.4, -0.2) is 13.1 Å². The largest absolute Gasteiger partial charge is 0.468 e. The molecule has 0 aliphatic carbocycles. The molecule has 0 atom stereocenters. The molecule has 9 heavy (non-hydrogen) atoms. The highest BCUT2D eigenvalue weighted by Gasteiger charge is 1.82. The van der Waals surface area contributed by atoms with E-state index < -0.39 is 0 Å². The number of unbranched alkanes of at least 4 members (excludes halogenated alkanes) is 2. The predicted octanol–water partition coefficient (Wildman–Crippen LogP) is 1.51. The number of carbonyl (C=O) groups excluding carboxylic acids is 1. The third kappa shape index (κ3) is 11.2. The second kappa shape index (κ2) is 10.4. The summed E-state index contributed by atoms with van der Waals surface area (Å²) in [6.45, 7) is 3.19. The van der Waals surface area contributed by atoms with Crippen LogP contribution in [0.2, 0.25) is 0 Å². The Hall–Kier alpha value is -0.570. The minimum Gasteiger partial charge on any atom is -0.468 e. The van der Waals surface area contributed by atoms with Gasteiger partial charge in [0, 0.05) is 0 Å². The van der Waals surface area contributed by atoms with Gasteiger partial charge >= 0.3 is 0 Å². The Morgan fingerprint density at radius 1 is 1.44 bits per heavy atom. The van der Waals surface area contributed by atoms with Crippen LogP contribution >= 0.6 is 0 Å².